The van der Waals surface area contributed by atoms with Crippen LogP contribution in [0.25, 0.3) is 0 Å². The van der Waals surface area contributed by atoms with E-state index in [0.717, 1.165) is 42.4 Å². The molecule has 1 aromatic carbocycles. The summed E-state index contributed by atoms with van der Waals surface area (Å²) < 4.78 is 16.7. The summed E-state index contributed by atoms with van der Waals surface area (Å²) >= 11 is 0. The molecule has 2 heterocycles. The monoisotopic (exact) mass is 371 g/mol. The average molecular weight is 371 g/mol. The normalized spacial score (nSPS) is 18.5. The van der Waals surface area contributed by atoms with Crippen LogP contribution in [-0.4, -0.2) is 38.4 Å². The van der Waals surface area contributed by atoms with Gasteiger partial charge in [0.2, 0.25) is 0 Å². The first-order chi connectivity index (χ1) is 13.1. The Hall–Kier alpha value is -2.47. The highest BCUT2D eigenvalue weighted by molar-refractivity contribution is 5.80. The van der Waals surface area contributed by atoms with Gasteiger partial charge < -0.3 is 24.5 Å². The summed E-state index contributed by atoms with van der Waals surface area (Å²) in [6.45, 7) is 6.15. The standard InChI is InChI=1S/C21H29N3O3/c1-21(2)15-18(17-8-4-5-9-19(17)27-21)24-20(23-12-14-25-3)22-11-10-16-7-6-13-26-16/h4-9,13,18H,10-12,14-15H2,1-3H3,(H2,22,23,24). The van der Waals surface area contributed by atoms with Crippen molar-refractivity contribution in [1.82, 2.24) is 10.6 Å². The highest BCUT2D eigenvalue weighted by Crippen LogP contribution is 2.39. The zero-order valence-electron chi connectivity index (χ0n) is 16.3. The van der Waals surface area contributed by atoms with Crippen LogP contribution in [0.5, 0.6) is 5.75 Å². The third-order valence-electron chi connectivity index (χ3n) is 4.50. The number of methoxy groups -OCH3 is 1. The summed E-state index contributed by atoms with van der Waals surface area (Å²) in [4.78, 5) is 4.65. The molecule has 0 radical (unpaired) electrons. The number of fused-ring (bicyclic) bond motifs is 1. The minimum absolute atomic E-state index is 0.127. The first-order valence-electron chi connectivity index (χ1n) is 9.41. The van der Waals surface area contributed by atoms with E-state index in [-0.39, 0.29) is 11.6 Å². The van der Waals surface area contributed by atoms with Gasteiger partial charge in [0.25, 0.3) is 0 Å². The van der Waals surface area contributed by atoms with Gasteiger partial charge >= 0.3 is 0 Å². The number of hydrogen-bond donors (Lipinski definition) is 2. The number of nitrogens with one attached hydrogen (secondary N) is 2. The molecule has 3 rings (SSSR count). The Morgan fingerprint density at radius 2 is 2.11 bits per heavy atom. The van der Waals surface area contributed by atoms with Gasteiger partial charge in [-0.05, 0) is 32.0 Å². The molecule has 0 saturated heterocycles. The molecule has 0 saturated carbocycles. The van der Waals surface area contributed by atoms with Gasteiger partial charge in [-0.2, -0.15) is 0 Å². The molecule has 2 aromatic rings. The maximum absolute atomic E-state index is 6.13. The number of aliphatic imine (C=N–C) groups is 1. The van der Waals surface area contributed by atoms with Gasteiger partial charge in [-0.1, -0.05) is 18.2 Å². The van der Waals surface area contributed by atoms with Gasteiger partial charge in [-0.15, -0.1) is 0 Å². The number of hydrogen-bond acceptors (Lipinski definition) is 4. The van der Waals surface area contributed by atoms with Crippen molar-refractivity contribution in [3.05, 3.63) is 54.0 Å². The Kier molecular flexibility index (Phi) is 6.40. The van der Waals surface area contributed by atoms with Crippen molar-refractivity contribution < 1.29 is 13.9 Å². The molecule has 1 unspecified atom stereocenters. The lowest BCUT2D eigenvalue weighted by molar-refractivity contribution is 0.0694. The molecule has 0 aliphatic carbocycles. The highest BCUT2D eigenvalue weighted by Gasteiger charge is 2.33. The van der Waals surface area contributed by atoms with Crippen molar-refractivity contribution in [1.29, 1.82) is 0 Å². The molecule has 0 spiro atoms. The van der Waals surface area contributed by atoms with E-state index in [9.17, 15) is 0 Å². The molecule has 0 bridgehead atoms. The largest absolute Gasteiger partial charge is 0.487 e. The van der Waals surface area contributed by atoms with Crippen molar-refractivity contribution in [3.63, 3.8) is 0 Å². The minimum Gasteiger partial charge on any atom is -0.487 e. The van der Waals surface area contributed by atoms with Crippen LogP contribution in [0.1, 0.15) is 37.6 Å². The summed E-state index contributed by atoms with van der Waals surface area (Å²) in [7, 11) is 1.68. The third kappa shape index (κ3) is 5.50. The van der Waals surface area contributed by atoms with Gasteiger partial charge in [-0.3, -0.25) is 4.99 Å². The molecule has 0 amide bonds. The molecule has 2 N–H and O–H groups in total. The van der Waals surface area contributed by atoms with Gasteiger partial charge in [0.15, 0.2) is 5.96 Å². The van der Waals surface area contributed by atoms with Crippen LogP contribution in [0.15, 0.2) is 52.1 Å². The minimum atomic E-state index is -0.238. The molecule has 1 atom stereocenters. The van der Waals surface area contributed by atoms with Gasteiger partial charge in [0, 0.05) is 32.1 Å². The molecule has 0 fully saturated rings. The van der Waals surface area contributed by atoms with E-state index in [4.69, 9.17) is 13.9 Å². The van der Waals surface area contributed by atoms with Crippen molar-refractivity contribution in [3.8, 4) is 5.75 Å². The predicted molar refractivity (Wildman–Crippen MR) is 106 cm³/mol. The Bertz CT molecular complexity index is 741. The lowest BCUT2D eigenvalue weighted by Crippen LogP contribution is -2.45. The Balaban J connectivity index is 1.69. The molecule has 1 aliphatic heterocycles. The van der Waals surface area contributed by atoms with Crippen LogP contribution < -0.4 is 15.4 Å². The summed E-state index contributed by atoms with van der Waals surface area (Å²) in [5.41, 5.74) is 0.918. The molecule has 1 aliphatic rings. The summed E-state index contributed by atoms with van der Waals surface area (Å²) in [6, 6.07) is 12.2. The van der Waals surface area contributed by atoms with E-state index in [1.807, 2.05) is 30.3 Å². The van der Waals surface area contributed by atoms with Crippen LogP contribution in [0.3, 0.4) is 0 Å². The van der Waals surface area contributed by atoms with E-state index in [2.05, 4.69) is 35.5 Å². The van der Waals surface area contributed by atoms with E-state index < -0.39 is 0 Å². The van der Waals surface area contributed by atoms with Crippen LogP contribution in [0.4, 0.5) is 0 Å². The van der Waals surface area contributed by atoms with Gasteiger partial charge in [0.05, 0.1) is 25.5 Å². The molecular weight excluding hydrogens is 342 g/mol. The first-order valence-corrected chi connectivity index (χ1v) is 9.41. The molecule has 6 heteroatoms. The Morgan fingerprint density at radius 3 is 2.89 bits per heavy atom. The van der Waals surface area contributed by atoms with Crippen molar-refractivity contribution in [2.45, 2.75) is 38.3 Å². The fraction of sp³-hybridized carbons (Fsp3) is 0.476. The maximum Gasteiger partial charge on any atom is 0.191 e. The van der Waals surface area contributed by atoms with E-state index in [1.165, 1.54) is 0 Å². The number of rotatable bonds is 7. The van der Waals surface area contributed by atoms with Crippen LogP contribution >= 0.6 is 0 Å². The average Bonchev–Trinajstić information content (AvgIpc) is 3.14. The van der Waals surface area contributed by atoms with Crippen molar-refractivity contribution in [2.75, 3.05) is 26.8 Å². The Morgan fingerprint density at radius 1 is 1.26 bits per heavy atom. The molecular formula is C21H29N3O3. The van der Waals surface area contributed by atoms with Crippen molar-refractivity contribution >= 4 is 5.96 Å². The number of benzene rings is 1. The number of para-hydroxylation sites is 1. The van der Waals surface area contributed by atoms with Gasteiger partial charge in [0.1, 0.15) is 17.1 Å². The summed E-state index contributed by atoms with van der Waals surface area (Å²) in [5, 5.41) is 6.98. The van der Waals surface area contributed by atoms with Gasteiger partial charge in [-0.25, -0.2) is 0 Å². The third-order valence-corrected chi connectivity index (χ3v) is 4.50. The topological polar surface area (TPSA) is 68.0 Å². The smallest absolute Gasteiger partial charge is 0.191 e. The second-order valence-corrected chi connectivity index (χ2v) is 7.28. The SMILES string of the molecule is COCCN=C(NCCc1ccco1)NC1CC(C)(C)Oc2ccccc21. The molecule has 146 valence electrons. The first kappa shape index (κ1) is 19.3. The van der Waals surface area contributed by atoms with E-state index in [1.54, 1.807) is 13.4 Å². The molecule has 6 nitrogen and oxygen atoms in total. The number of ether oxygens (including phenoxy) is 2. The quantitative estimate of drug-likeness (QED) is 0.444. The molecule has 27 heavy (non-hydrogen) atoms. The fourth-order valence-corrected chi connectivity index (χ4v) is 3.26. The van der Waals surface area contributed by atoms with Crippen molar-refractivity contribution in [2.24, 2.45) is 4.99 Å². The number of nitrogens with zero attached hydrogens (tertiary/aromatic N) is 1. The second-order valence-electron chi connectivity index (χ2n) is 7.28. The zero-order chi connectivity index (χ0) is 19.1. The summed E-state index contributed by atoms with van der Waals surface area (Å²) in [6.07, 6.45) is 3.35. The van der Waals surface area contributed by atoms with Crippen LogP contribution in [-0.2, 0) is 11.2 Å². The van der Waals surface area contributed by atoms with Crippen LogP contribution in [0.2, 0.25) is 0 Å². The lowest BCUT2D eigenvalue weighted by Gasteiger charge is -2.38. The number of furan rings is 1. The fourth-order valence-electron chi connectivity index (χ4n) is 3.26. The maximum atomic E-state index is 6.13. The van der Waals surface area contributed by atoms with Crippen LogP contribution in [0, 0.1) is 0 Å². The predicted octanol–water partition coefficient (Wildman–Crippen LogP) is 3.31. The summed E-state index contributed by atoms with van der Waals surface area (Å²) in [5.74, 6) is 2.66. The molecule has 1 aromatic heterocycles. The zero-order valence-corrected chi connectivity index (χ0v) is 16.3. The van der Waals surface area contributed by atoms with E-state index >= 15 is 0 Å². The highest BCUT2D eigenvalue weighted by atomic mass is 16.5. The number of guanidine groups is 1. The second kappa shape index (κ2) is 8.95. The Labute approximate surface area is 161 Å². The van der Waals surface area contributed by atoms with E-state index in [0.29, 0.717) is 13.2 Å². The lowest BCUT2D eigenvalue weighted by atomic mass is 9.90.